The van der Waals surface area contributed by atoms with Gasteiger partial charge in [0.1, 0.15) is 5.69 Å². The number of hydrogen-bond donors (Lipinski definition) is 1. The molecule has 0 aromatic carbocycles. The first-order chi connectivity index (χ1) is 13.5. The summed E-state index contributed by atoms with van der Waals surface area (Å²) < 4.78 is 41.3. The molecule has 0 aliphatic rings. The van der Waals surface area contributed by atoms with Gasteiger partial charge in [-0.15, -0.1) is 0 Å². The number of aromatic nitrogens is 5. The average Bonchev–Trinajstić information content (AvgIpc) is 3.15. The van der Waals surface area contributed by atoms with Gasteiger partial charge in [-0.1, -0.05) is 18.5 Å². The van der Waals surface area contributed by atoms with E-state index in [9.17, 15) is 18.0 Å². The van der Waals surface area contributed by atoms with Crippen LogP contribution in [0.25, 0.3) is 11.4 Å². The number of amides is 1. The van der Waals surface area contributed by atoms with E-state index in [1.807, 2.05) is 6.92 Å². The number of carbonyl (C=O) groups excluding carboxylic acids is 1. The molecule has 0 spiro atoms. The maximum Gasteiger partial charge on any atom is 0.435 e. The van der Waals surface area contributed by atoms with E-state index in [0.29, 0.717) is 29.1 Å². The summed E-state index contributed by atoms with van der Waals surface area (Å²) in [5, 5.41) is 10.6. The topological polar surface area (TPSA) is 77.6 Å². The van der Waals surface area contributed by atoms with Crippen molar-refractivity contribution < 1.29 is 18.0 Å². The Labute approximate surface area is 169 Å². The highest BCUT2D eigenvalue weighted by molar-refractivity contribution is 6.34. The first-order valence-electron chi connectivity index (χ1n) is 8.63. The van der Waals surface area contributed by atoms with Crippen molar-refractivity contribution in [1.82, 2.24) is 24.5 Å². The van der Waals surface area contributed by atoms with Crippen molar-refractivity contribution in [3.8, 4) is 11.4 Å². The van der Waals surface area contributed by atoms with Crippen molar-refractivity contribution in [2.75, 3.05) is 5.32 Å². The van der Waals surface area contributed by atoms with Crippen molar-refractivity contribution in [1.29, 1.82) is 0 Å². The van der Waals surface area contributed by atoms with Gasteiger partial charge < -0.3 is 5.32 Å². The summed E-state index contributed by atoms with van der Waals surface area (Å²) in [6.45, 7) is 3.55. The van der Waals surface area contributed by atoms with Gasteiger partial charge >= 0.3 is 6.18 Å². The van der Waals surface area contributed by atoms with Crippen LogP contribution in [-0.4, -0.2) is 30.5 Å². The molecule has 1 amide bonds. The van der Waals surface area contributed by atoms with Crippen molar-refractivity contribution >= 4 is 23.2 Å². The molecule has 1 N–H and O–H groups in total. The molecule has 0 aliphatic heterocycles. The lowest BCUT2D eigenvalue weighted by Crippen LogP contribution is -2.17. The minimum Gasteiger partial charge on any atom is -0.319 e. The van der Waals surface area contributed by atoms with Gasteiger partial charge in [0.25, 0.3) is 5.91 Å². The Morgan fingerprint density at radius 2 is 1.90 bits per heavy atom. The lowest BCUT2D eigenvalue weighted by molar-refractivity contribution is -0.141. The third-order valence-corrected chi connectivity index (χ3v) is 4.87. The fraction of sp³-hybridized carbons (Fsp3) is 0.333. The highest BCUT2D eigenvalue weighted by atomic mass is 35.5. The van der Waals surface area contributed by atoms with Crippen LogP contribution in [0.5, 0.6) is 0 Å². The van der Waals surface area contributed by atoms with Crippen molar-refractivity contribution in [3.63, 3.8) is 0 Å². The van der Waals surface area contributed by atoms with Crippen LogP contribution in [-0.2, 0) is 26.7 Å². The molecule has 3 rings (SSSR count). The number of hydrogen-bond acceptors (Lipinski definition) is 4. The summed E-state index contributed by atoms with van der Waals surface area (Å²) in [5.41, 5.74) is 1.42. The summed E-state index contributed by atoms with van der Waals surface area (Å²) in [5.74, 6) is -0.456. The normalized spacial score (nSPS) is 11.7. The second-order valence-electron chi connectivity index (χ2n) is 6.44. The van der Waals surface area contributed by atoms with E-state index in [1.165, 1.54) is 17.9 Å². The molecule has 7 nitrogen and oxygen atoms in total. The van der Waals surface area contributed by atoms with Crippen LogP contribution >= 0.6 is 11.6 Å². The van der Waals surface area contributed by atoms with Crippen LogP contribution < -0.4 is 5.32 Å². The Morgan fingerprint density at radius 1 is 1.21 bits per heavy atom. The Balaban J connectivity index is 1.94. The number of nitrogens with zero attached hydrogens (tertiary/aromatic N) is 5. The largest absolute Gasteiger partial charge is 0.435 e. The third-order valence-electron chi connectivity index (χ3n) is 4.42. The van der Waals surface area contributed by atoms with Crippen LogP contribution in [0.1, 0.15) is 34.4 Å². The van der Waals surface area contributed by atoms with E-state index in [-0.39, 0.29) is 16.4 Å². The minimum atomic E-state index is -4.54. The summed E-state index contributed by atoms with van der Waals surface area (Å²) in [6, 6.07) is 2.57. The molecular formula is C18H18ClF3N6O. The molecule has 0 saturated carbocycles. The monoisotopic (exact) mass is 426 g/mol. The van der Waals surface area contributed by atoms with Crippen LogP contribution in [0.15, 0.2) is 18.3 Å². The van der Waals surface area contributed by atoms with E-state index in [2.05, 4.69) is 20.5 Å². The fourth-order valence-electron chi connectivity index (χ4n) is 2.95. The Kier molecular flexibility index (Phi) is 5.40. The predicted molar refractivity (Wildman–Crippen MR) is 102 cm³/mol. The first kappa shape index (κ1) is 20.8. The predicted octanol–water partition coefficient (Wildman–Crippen LogP) is 4.01. The lowest BCUT2D eigenvalue weighted by atomic mass is 10.1. The number of anilines is 1. The number of nitrogens with one attached hydrogen (secondary N) is 1. The summed E-state index contributed by atoms with van der Waals surface area (Å²) in [7, 11) is 3.02. The molecule has 0 aliphatic carbocycles. The zero-order chi connectivity index (χ0) is 21.5. The van der Waals surface area contributed by atoms with Crippen molar-refractivity contribution in [3.05, 3.63) is 46.0 Å². The van der Waals surface area contributed by atoms with Crippen LogP contribution in [0.3, 0.4) is 0 Å². The third kappa shape index (κ3) is 3.98. The Morgan fingerprint density at radius 3 is 2.41 bits per heavy atom. The van der Waals surface area contributed by atoms with Gasteiger partial charge in [0.2, 0.25) is 0 Å². The summed E-state index contributed by atoms with van der Waals surface area (Å²) in [6.07, 6.45) is -2.62. The molecule has 11 heteroatoms. The van der Waals surface area contributed by atoms with Crippen LogP contribution in [0.4, 0.5) is 18.9 Å². The maximum atomic E-state index is 12.9. The average molecular weight is 427 g/mol. The second kappa shape index (κ2) is 7.51. The molecule has 29 heavy (non-hydrogen) atoms. The number of pyridine rings is 1. The number of aryl methyl sites for hydroxylation is 4. The molecule has 0 bridgehead atoms. The number of carbonyl (C=O) groups is 1. The van der Waals surface area contributed by atoms with E-state index >= 15 is 0 Å². The van der Waals surface area contributed by atoms with Gasteiger partial charge in [0.05, 0.1) is 34.0 Å². The number of rotatable bonds is 4. The minimum absolute atomic E-state index is 0.205. The molecular weight excluding hydrogens is 409 g/mol. The van der Waals surface area contributed by atoms with Gasteiger partial charge in [-0.2, -0.15) is 23.4 Å². The van der Waals surface area contributed by atoms with Crippen LogP contribution in [0.2, 0.25) is 5.02 Å². The standard InChI is InChI=1S/C18H18ClF3N6O/c1-5-10-6-11(13-7-14(18(20,21)22)26-27(13)3)23-8-12(10)24-17(29)16-15(19)9(2)25-28(16)4/h6-8H,5H2,1-4H3,(H,24,29). The van der Waals surface area contributed by atoms with Gasteiger partial charge in [-0.3, -0.25) is 19.1 Å². The lowest BCUT2D eigenvalue weighted by Gasteiger charge is -2.12. The number of alkyl halides is 3. The van der Waals surface area contributed by atoms with Gasteiger partial charge in [0, 0.05) is 14.1 Å². The Hall–Kier alpha value is -2.88. The molecule has 3 heterocycles. The van der Waals surface area contributed by atoms with Gasteiger partial charge in [-0.25, -0.2) is 0 Å². The van der Waals surface area contributed by atoms with Crippen molar-refractivity contribution in [2.24, 2.45) is 14.1 Å². The molecule has 0 saturated heterocycles. The molecule has 3 aromatic heterocycles. The van der Waals surface area contributed by atoms with Crippen molar-refractivity contribution in [2.45, 2.75) is 26.4 Å². The van der Waals surface area contributed by atoms with Crippen LogP contribution in [0, 0.1) is 6.92 Å². The molecule has 0 unspecified atom stereocenters. The van der Waals surface area contributed by atoms with E-state index in [1.54, 1.807) is 20.0 Å². The first-order valence-corrected chi connectivity index (χ1v) is 9.01. The van der Waals surface area contributed by atoms with E-state index in [0.717, 1.165) is 10.7 Å². The maximum absolute atomic E-state index is 12.9. The molecule has 0 fully saturated rings. The fourth-order valence-corrected chi connectivity index (χ4v) is 3.19. The van der Waals surface area contributed by atoms with Gasteiger partial charge in [-0.05, 0) is 31.0 Å². The van der Waals surface area contributed by atoms with E-state index in [4.69, 9.17) is 11.6 Å². The smallest absolute Gasteiger partial charge is 0.319 e. The molecule has 0 radical (unpaired) electrons. The molecule has 154 valence electrons. The Bertz CT molecular complexity index is 1090. The second-order valence-corrected chi connectivity index (χ2v) is 6.82. The zero-order valence-electron chi connectivity index (χ0n) is 16.1. The summed E-state index contributed by atoms with van der Waals surface area (Å²) in [4.78, 5) is 16.8. The SMILES string of the molecule is CCc1cc(-c2cc(C(F)(F)F)nn2C)ncc1NC(=O)c1c(Cl)c(C)nn1C. The van der Waals surface area contributed by atoms with E-state index < -0.39 is 17.8 Å². The number of halogens is 4. The van der Waals surface area contributed by atoms with Gasteiger partial charge in [0.15, 0.2) is 5.69 Å². The summed E-state index contributed by atoms with van der Waals surface area (Å²) >= 11 is 6.15. The molecule has 3 aromatic rings. The highest BCUT2D eigenvalue weighted by Crippen LogP contribution is 2.32. The zero-order valence-corrected chi connectivity index (χ0v) is 16.9. The quantitative estimate of drug-likeness (QED) is 0.683. The highest BCUT2D eigenvalue weighted by Gasteiger charge is 2.35. The molecule has 0 atom stereocenters.